The normalized spacial score (nSPS) is 12.9. The highest BCUT2D eigenvalue weighted by atomic mass is 32.2. The van der Waals surface area contributed by atoms with E-state index in [9.17, 15) is 13.5 Å². The Morgan fingerprint density at radius 3 is 2.33 bits per heavy atom. The molecule has 0 amide bonds. The lowest BCUT2D eigenvalue weighted by Crippen LogP contribution is -2.48. The molecule has 0 saturated heterocycles. The molecule has 0 spiro atoms. The van der Waals surface area contributed by atoms with Gasteiger partial charge in [-0.1, -0.05) is 12.1 Å². The molecule has 0 aromatic heterocycles. The average molecular weight is 272 g/mol. The van der Waals surface area contributed by atoms with Crippen molar-refractivity contribution in [1.29, 1.82) is 0 Å². The maximum atomic E-state index is 12.0. The van der Waals surface area contributed by atoms with Crippen LogP contribution in [-0.2, 0) is 10.0 Å². The highest BCUT2D eigenvalue weighted by molar-refractivity contribution is 7.89. The van der Waals surface area contributed by atoms with E-state index in [0.717, 1.165) is 0 Å². The van der Waals surface area contributed by atoms with Crippen LogP contribution in [0, 0.1) is 0 Å². The van der Waals surface area contributed by atoms with Gasteiger partial charge in [0.05, 0.1) is 0 Å². The molecule has 0 bridgehead atoms. The minimum absolute atomic E-state index is 0.0976. The van der Waals surface area contributed by atoms with Gasteiger partial charge in [-0.3, -0.25) is 0 Å². The summed E-state index contributed by atoms with van der Waals surface area (Å²) in [4.78, 5) is 1.83. The molecule has 0 heterocycles. The molecule has 0 radical (unpaired) electrons. The Labute approximate surface area is 108 Å². The zero-order valence-corrected chi connectivity index (χ0v) is 12.0. The van der Waals surface area contributed by atoms with Gasteiger partial charge in [0.2, 0.25) is 10.0 Å². The first-order valence-electron chi connectivity index (χ1n) is 5.62. The van der Waals surface area contributed by atoms with Crippen LogP contribution in [0.1, 0.15) is 13.8 Å². The number of hydrogen-bond donors (Lipinski definition) is 2. The summed E-state index contributed by atoms with van der Waals surface area (Å²) >= 11 is 0. The van der Waals surface area contributed by atoms with E-state index in [1.165, 1.54) is 12.1 Å². The summed E-state index contributed by atoms with van der Waals surface area (Å²) in [7, 11) is 0.0821. The molecule has 0 fully saturated rings. The molecule has 18 heavy (non-hydrogen) atoms. The molecule has 0 aliphatic carbocycles. The van der Waals surface area contributed by atoms with E-state index in [1.54, 1.807) is 12.1 Å². The van der Waals surface area contributed by atoms with Crippen LogP contribution in [0.3, 0.4) is 0 Å². The third-order valence-corrected chi connectivity index (χ3v) is 4.51. The van der Waals surface area contributed by atoms with Crippen LogP contribution in [-0.4, -0.2) is 44.6 Å². The van der Waals surface area contributed by atoms with E-state index in [-0.39, 0.29) is 22.7 Å². The van der Waals surface area contributed by atoms with E-state index >= 15 is 0 Å². The number of likely N-dealkylation sites (N-methyl/N-ethyl adjacent to an activating group) is 1. The molecule has 1 aromatic rings. The SMILES string of the molecule is CN(C)C(C)(C)CNS(=O)(=O)c1ccccc1O. The van der Waals surface area contributed by atoms with Crippen molar-refractivity contribution in [3.63, 3.8) is 0 Å². The highest BCUT2D eigenvalue weighted by Crippen LogP contribution is 2.21. The Balaban J connectivity index is 2.88. The smallest absolute Gasteiger partial charge is 0.244 e. The standard InChI is InChI=1S/C12H20N2O3S/c1-12(2,14(3)4)9-13-18(16,17)11-8-6-5-7-10(11)15/h5-8,13,15H,9H2,1-4H3. The molecule has 0 atom stereocenters. The Morgan fingerprint density at radius 2 is 1.83 bits per heavy atom. The van der Waals surface area contributed by atoms with Crippen LogP contribution in [0.4, 0.5) is 0 Å². The minimum Gasteiger partial charge on any atom is -0.507 e. The maximum Gasteiger partial charge on any atom is 0.244 e. The van der Waals surface area contributed by atoms with Crippen LogP contribution in [0.2, 0.25) is 0 Å². The zero-order valence-electron chi connectivity index (χ0n) is 11.1. The molecule has 102 valence electrons. The van der Waals surface area contributed by atoms with Crippen LogP contribution < -0.4 is 4.72 Å². The zero-order chi connectivity index (χ0) is 14.0. The van der Waals surface area contributed by atoms with Gasteiger partial charge >= 0.3 is 0 Å². The van der Waals surface area contributed by atoms with E-state index in [2.05, 4.69) is 4.72 Å². The first-order chi connectivity index (χ1) is 8.17. The number of rotatable bonds is 5. The second-order valence-electron chi connectivity index (χ2n) is 5.00. The average Bonchev–Trinajstić information content (AvgIpc) is 2.27. The Morgan fingerprint density at radius 1 is 1.28 bits per heavy atom. The molecule has 0 aliphatic heterocycles. The van der Waals surface area contributed by atoms with Gasteiger partial charge < -0.3 is 10.0 Å². The number of nitrogens with one attached hydrogen (secondary N) is 1. The van der Waals surface area contributed by atoms with Crippen molar-refractivity contribution >= 4 is 10.0 Å². The number of para-hydroxylation sites is 1. The summed E-state index contributed by atoms with van der Waals surface area (Å²) in [6.07, 6.45) is 0. The number of benzene rings is 1. The summed E-state index contributed by atoms with van der Waals surface area (Å²) < 4.78 is 26.6. The highest BCUT2D eigenvalue weighted by Gasteiger charge is 2.25. The summed E-state index contributed by atoms with van der Waals surface area (Å²) in [5.74, 6) is -0.243. The lowest BCUT2D eigenvalue weighted by molar-refractivity contribution is 0.199. The maximum absolute atomic E-state index is 12.0. The molecule has 0 unspecified atom stereocenters. The lowest BCUT2D eigenvalue weighted by atomic mass is 10.1. The van der Waals surface area contributed by atoms with Gasteiger partial charge in [0.25, 0.3) is 0 Å². The number of aromatic hydroxyl groups is 1. The van der Waals surface area contributed by atoms with Crippen molar-refractivity contribution in [3.8, 4) is 5.75 Å². The Hall–Kier alpha value is -1.11. The Bertz CT molecular complexity index is 510. The van der Waals surface area contributed by atoms with Gasteiger partial charge in [0.1, 0.15) is 10.6 Å². The number of nitrogens with zero attached hydrogens (tertiary/aromatic N) is 1. The van der Waals surface area contributed by atoms with E-state index in [0.29, 0.717) is 0 Å². The number of hydrogen-bond acceptors (Lipinski definition) is 4. The van der Waals surface area contributed by atoms with Crippen molar-refractivity contribution in [2.24, 2.45) is 0 Å². The Kier molecular flexibility index (Phi) is 4.37. The van der Waals surface area contributed by atoms with Crippen LogP contribution in [0.15, 0.2) is 29.2 Å². The predicted octanol–water partition coefficient (Wildman–Crippen LogP) is 1.01. The van der Waals surface area contributed by atoms with Crippen molar-refractivity contribution in [2.45, 2.75) is 24.3 Å². The van der Waals surface area contributed by atoms with Crippen molar-refractivity contribution < 1.29 is 13.5 Å². The number of phenolic OH excluding ortho intramolecular Hbond substituents is 1. The summed E-state index contributed by atoms with van der Waals surface area (Å²) in [6.45, 7) is 4.12. The third-order valence-electron chi connectivity index (χ3n) is 3.06. The second-order valence-corrected chi connectivity index (χ2v) is 6.73. The predicted molar refractivity (Wildman–Crippen MR) is 71.1 cm³/mol. The fourth-order valence-electron chi connectivity index (χ4n) is 1.19. The quantitative estimate of drug-likeness (QED) is 0.839. The molecule has 1 aromatic carbocycles. The van der Waals surface area contributed by atoms with Crippen LogP contribution >= 0.6 is 0 Å². The molecular formula is C12H20N2O3S. The summed E-state index contributed by atoms with van der Waals surface area (Å²) in [6, 6.07) is 5.88. The first-order valence-corrected chi connectivity index (χ1v) is 7.10. The van der Waals surface area contributed by atoms with Crippen molar-refractivity contribution in [1.82, 2.24) is 9.62 Å². The van der Waals surface area contributed by atoms with Gasteiger partial charge in [-0.2, -0.15) is 0 Å². The first kappa shape index (κ1) is 14.9. The van der Waals surface area contributed by atoms with E-state index in [4.69, 9.17) is 0 Å². The van der Waals surface area contributed by atoms with Crippen LogP contribution in [0.5, 0.6) is 5.75 Å². The topological polar surface area (TPSA) is 69.6 Å². The van der Waals surface area contributed by atoms with Crippen LogP contribution in [0.25, 0.3) is 0 Å². The molecule has 0 saturated carbocycles. The molecule has 5 nitrogen and oxygen atoms in total. The van der Waals surface area contributed by atoms with E-state index < -0.39 is 10.0 Å². The monoisotopic (exact) mass is 272 g/mol. The lowest BCUT2D eigenvalue weighted by Gasteiger charge is -2.32. The minimum atomic E-state index is -3.68. The molecular weight excluding hydrogens is 252 g/mol. The summed E-state index contributed by atoms with van der Waals surface area (Å²) in [5.41, 5.74) is -0.308. The van der Waals surface area contributed by atoms with Crippen molar-refractivity contribution in [2.75, 3.05) is 20.6 Å². The number of sulfonamides is 1. The van der Waals surface area contributed by atoms with Crippen molar-refractivity contribution in [3.05, 3.63) is 24.3 Å². The summed E-state index contributed by atoms with van der Waals surface area (Å²) in [5, 5.41) is 9.56. The van der Waals surface area contributed by atoms with E-state index in [1.807, 2.05) is 32.8 Å². The van der Waals surface area contributed by atoms with Gasteiger partial charge in [-0.05, 0) is 40.1 Å². The largest absolute Gasteiger partial charge is 0.507 e. The molecule has 2 N–H and O–H groups in total. The second kappa shape index (κ2) is 5.26. The van der Waals surface area contributed by atoms with Gasteiger partial charge in [-0.15, -0.1) is 0 Å². The number of phenols is 1. The fraction of sp³-hybridized carbons (Fsp3) is 0.500. The van der Waals surface area contributed by atoms with Gasteiger partial charge in [0.15, 0.2) is 0 Å². The molecule has 1 rings (SSSR count). The molecule has 0 aliphatic rings. The van der Waals surface area contributed by atoms with Gasteiger partial charge in [-0.25, -0.2) is 13.1 Å². The van der Waals surface area contributed by atoms with Gasteiger partial charge in [0, 0.05) is 12.1 Å². The fourth-order valence-corrected chi connectivity index (χ4v) is 2.49. The molecule has 6 heteroatoms. The third kappa shape index (κ3) is 3.44.